The van der Waals surface area contributed by atoms with Crippen LogP contribution < -0.4 is 5.32 Å². The first-order chi connectivity index (χ1) is 9.23. The highest BCUT2D eigenvalue weighted by Gasteiger charge is 2.19. The summed E-state index contributed by atoms with van der Waals surface area (Å²) in [6.07, 6.45) is 0. The van der Waals surface area contributed by atoms with Crippen molar-refractivity contribution in [1.29, 1.82) is 5.26 Å². The molecule has 0 heterocycles. The van der Waals surface area contributed by atoms with E-state index in [4.69, 9.17) is 5.26 Å². The lowest BCUT2D eigenvalue weighted by Gasteiger charge is -2.25. The number of likely N-dealkylation sites (N-methyl/N-ethyl adjacent to an activating group) is 1. The number of aliphatic hydroxyl groups is 1. The van der Waals surface area contributed by atoms with Gasteiger partial charge < -0.3 is 15.3 Å². The van der Waals surface area contributed by atoms with E-state index in [1.807, 2.05) is 6.07 Å². The summed E-state index contributed by atoms with van der Waals surface area (Å²) in [6.45, 7) is 3.32. The minimum absolute atomic E-state index is 0.0175. The van der Waals surface area contributed by atoms with E-state index in [1.165, 1.54) is 30.1 Å². The van der Waals surface area contributed by atoms with Crippen molar-refractivity contribution in [3.8, 4) is 6.07 Å². The van der Waals surface area contributed by atoms with Crippen LogP contribution in [-0.4, -0.2) is 35.2 Å². The number of hydrogen-bond acceptors (Lipinski definition) is 3. The minimum atomic E-state index is -1.00. The Morgan fingerprint density at radius 2 is 2.20 bits per heavy atom. The first kappa shape index (κ1) is 15.9. The van der Waals surface area contributed by atoms with E-state index < -0.39 is 17.4 Å². The van der Waals surface area contributed by atoms with Gasteiger partial charge in [0.15, 0.2) is 0 Å². The predicted octanol–water partition coefficient (Wildman–Crippen LogP) is 1.61. The van der Waals surface area contributed by atoms with Gasteiger partial charge in [-0.15, -0.1) is 0 Å². The summed E-state index contributed by atoms with van der Waals surface area (Å²) in [5.41, 5.74) is -0.424. The molecule has 1 aromatic rings. The standard InChI is InChI=1S/C14H18FN3O2/c1-14(2,20)9-18(3)13(19)17-8-11-6-10(7-16)4-5-12(11)15/h4-6,20H,8-9H2,1-3H3,(H,17,19). The van der Waals surface area contributed by atoms with E-state index in [2.05, 4.69) is 5.32 Å². The number of nitrogens with one attached hydrogen (secondary N) is 1. The van der Waals surface area contributed by atoms with Gasteiger partial charge in [-0.3, -0.25) is 0 Å². The zero-order valence-corrected chi connectivity index (χ0v) is 11.8. The van der Waals surface area contributed by atoms with Gasteiger partial charge in [0.1, 0.15) is 5.82 Å². The third-order valence-electron chi connectivity index (χ3n) is 2.58. The highest BCUT2D eigenvalue weighted by atomic mass is 19.1. The van der Waals surface area contributed by atoms with Crippen molar-refractivity contribution in [2.75, 3.05) is 13.6 Å². The maximum atomic E-state index is 13.5. The molecule has 0 atom stereocenters. The Hall–Kier alpha value is -2.13. The molecule has 5 nitrogen and oxygen atoms in total. The number of nitrogens with zero attached hydrogens (tertiary/aromatic N) is 2. The van der Waals surface area contributed by atoms with Gasteiger partial charge in [0.05, 0.1) is 23.8 Å². The molecule has 1 aromatic carbocycles. The summed E-state index contributed by atoms with van der Waals surface area (Å²) >= 11 is 0. The van der Waals surface area contributed by atoms with Crippen LogP contribution in [0.1, 0.15) is 25.0 Å². The number of benzene rings is 1. The second-order valence-corrected chi connectivity index (χ2v) is 5.25. The van der Waals surface area contributed by atoms with Crippen LogP contribution in [0.15, 0.2) is 18.2 Å². The number of halogens is 1. The normalized spacial score (nSPS) is 10.8. The van der Waals surface area contributed by atoms with E-state index in [-0.39, 0.29) is 18.7 Å². The molecule has 2 amide bonds. The molecule has 0 unspecified atom stereocenters. The lowest BCUT2D eigenvalue weighted by molar-refractivity contribution is 0.0531. The van der Waals surface area contributed by atoms with Gasteiger partial charge in [-0.2, -0.15) is 5.26 Å². The molecule has 108 valence electrons. The summed E-state index contributed by atoms with van der Waals surface area (Å²) in [5.74, 6) is -0.477. The number of urea groups is 1. The summed E-state index contributed by atoms with van der Waals surface area (Å²) in [6, 6.07) is 5.46. The molecule has 0 bridgehead atoms. The van der Waals surface area contributed by atoms with Gasteiger partial charge in [-0.05, 0) is 32.0 Å². The number of carbonyl (C=O) groups excluding carboxylic acids is 1. The third-order valence-corrected chi connectivity index (χ3v) is 2.58. The zero-order chi connectivity index (χ0) is 15.3. The van der Waals surface area contributed by atoms with Crippen LogP contribution in [-0.2, 0) is 6.54 Å². The quantitative estimate of drug-likeness (QED) is 0.879. The fraction of sp³-hybridized carbons (Fsp3) is 0.429. The van der Waals surface area contributed by atoms with Gasteiger partial charge in [0, 0.05) is 19.2 Å². The highest BCUT2D eigenvalue weighted by molar-refractivity contribution is 5.73. The van der Waals surface area contributed by atoms with E-state index in [0.29, 0.717) is 5.56 Å². The molecule has 0 radical (unpaired) electrons. The van der Waals surface area contributed by atoms with Gasteiger partial charge in [-0.25, -0.2) is 9.18 Å². The number of nitriles is 1. The van der Waals surface area contributed by atoms with Gasteiger partial charge in [-0.1, -0.05) is 0 Å². The summed E-state index contributed by atoms with van der Waals surface area (Å²) in [4.78, 5) is 13.1. The lowest BCUT2D eigenvalue weighted by Crippen LogP contribution is -2.44. The smallest absolute Gasteiger partial charge is 0.317 e. The lowest BCUT2D eigenvalue weighted by atomic mass is 10.1. The topological polar surface area (TPSA) is 76.4 Å². The number of carbonyl (C=O) groups is 1. The molecule has 0 aromatic heterocycles. The molecule has 0 saturated carbocycles. The van der Waals surface area contributed by atoms with Crippen LogP contribution in [0, 0.1) is 17.1 Å². The Labute approximate surface area is 117 Å². The van der Waals surface area contributed by atoms with Crippen LogP contribution in [0.25, 0.3) is 0 Å². The van der Waals surface area contributed by atoms with E-state index in [0.717, 1.165) is 0 Å². The zero-order valence-electron chi connectivity index (χ0n) is 11.8. The Morgan fingerprint density at radius 3 is 2.75 bits per heavy atom. The van der Waals surface area contributed by atoms with Crippen molar-refractivity contribution in [2.45, 2.75) is 26.0 Å². The molecule has 0 aliphatic heterocycles. The van der Waals surface area contributed by atoms with Crippen molar-refractivity contribution < 1.29 is 14.3 Å². The van der Waals surface area contributed by atoms with Crippen molar-refractivity contribution in [1.82, 2.24) is 10.2 Å². The molecule has 0 aliphatic rings. The molecular formula is C14H18FN3O2. The summed E-state index contributed by atoms with van der Waals surface area (Å²) in [5, 5.41) is 20.9. The van der Waals surface area contributed by atoms with Crippen molar-refractivity contribution in [3.05, 3.63) is 35.1 Å². The minimum Gasteiger partial charge on any atom is -0.389 e. The van der Waals surface area contributed by atoms with Gasteiger partial charge >= 0.3 is 6.03 Å². The van der Waals surface area contributed by atoms with Crippen LogP contribution in [0.5, 0.6) is 0 Å². The van der Waals surface area contributed by atoms with Crippen LogP contribution in [0.2, 0.25) is 0 Å². The summed E-state index contributed by atoms with van der Waals surface area (Å²) < 4.78 is 13.5. The fourth-order valence-corrected chi connectivity index (χ4v) is 1.74. The Balaban J connectivity index is 2.63. The molecule has 1 rings (SSSR count). The Kier molecular flexibility index (Phi) is 5.06. The van der Waals surface area contributed by atoms with Crippen molar-refractivity contribution in [3.63, 3.8) is 0 Å². The second kappa shape index (κ2) is 6.35. The van der Waals surface area contributed by atoms with E-state index >= 15 is 0 Å². The average molecular weight is 279 g/mol. The number of hydrogen-bond donors (Lipinski definition) is 2. The fourth-order valence-electron chi connectivity index (χ4n) is 1.74. The van der Waals surface area contributed by atoms with Gasteiger partial charge in [0.25, 0.3) is 0 Å². The SMILES string of the molecule is CN(CC(C)(C)O)C(=O)NCc1cc(C#N)ccc1F. The molecule has 0 aliphatic carbocycles. The van der Waals surface area contributed by atoms with Crippen LogP contribution >= 0.6 is 0 Å². The molecule has 6 heteroatoms. The predicted molar refractivity (Wildman–Crippen MR) is 72.3 cm³/mol. The van der Waals surface area contributed by atoms with E-state index in [9.17, 15) is 14.3 Å². The van der Waals surface area contributed by atoms with Crippen molar-refractivity contribution >= 4 is 6.03 Å². The van der Waals surface area contributed by atoms with Crippen LogP contribution in [0.3, 0.4) is 0 Å². The largest absolute Gasteiger partial charge is 0.389 e. The number of amides is 2. The Bertz CT molecular complexity index is 532. The summed E-state index contributed by atoms with van der Waals surface area (Å²) in [7, 11) is 1.54. The third kappa shape index (κ3) is 4.86. The molecular weight excluding hydrogens is 261 g/mol. The molecule has 20 heavy (non-hydrogen) atoms. The highest BCUT2D eigenvalue weighted by Crippen LogP contribution is 2.10. The second-order valence-electron chi connectivity index (χ2n) is 5.25. The number of rotatable bonds is 4. The average Bonchev–Trinajstić information content (AvgIpc) is 2.35. The van der Waals surface area contributed by atoms with Crippen LogP contribution in [0.4, 0.5) is 9.18 Å². The van der Waals surface area contributed by atoms with E-state index in [1.54, 1.807) is 13.8 Å². The molecule has 0 saturated heterocycles. The first-order valence-electron chi connectivity index (χ1n) is 6.13. The Morgan fingerprint density at radius 1 is 1.55 bits per heavy atom. The molecule has 0 fully saturated rings. The van der Waals surface area contributed by atoms with Gasteiger partial charge in [0.2, 0.25) is 0 Å². The maximum Gasteiger partial charge on any atom is 0.317 e. The molecule has 2 N–H and O–H groups in total. The van der Waals surface area contributed by atoms with Crippen molar-refractivity contribution in [2.24, 2.45) is 0 Å². The first-order valence-corrected chi connectivity index (χ1v) is 6.13. The monoisotopic (exact) mass is 279 g/mol. The molecule has 0 spiro atoms. The maximum absolute atomic E-state index is 13.5.